The van der Waals surface area contributed by atoms with Crippen molar-refractivity contribution in [2.24, 2.45) is 5.92 Å². The Morgan fingerprint density at radius 2 is 2.27 bits per heavy atom. The fraction of sp³-hybridized carbons (Fsp3) is 0.625. The summed E-state index contributed by atoms with van der Waals surface area (Å²) in [5.41, 5.74) is 0.334. The quantitative estimate of drug-likeness (QED) is 0.856. The molecule has 1 aliphatic heterocycles. The zero-order valence-electron chi connectivity index (χ0n) is 13.2. The molecule has 6 heteroatoms. The zero-order valence-corrected chi connectivity index (χ0v) is 13.2. The van der Waals surface area contributed by atoms with Gasteiger partial charge >= 0.3 is 0 Å². The third-order valence-electron chi connectivity index (χ3n) is 3.66. The number of pyridine rings is 1. The molecule has 22 heavy (non-hydrogen) atoms. The summed E-state index contributed by atoms with van der Waals surface area (Å²) in [4.78, 5) is 18.2. The lowest BCUT2D eigenvalue weighted by Crippen LogP contribution is -2.48. The molecule has 0 N–H and O–H groups in total. The first kappa shape index (κ1) is 16.6. The highest BCUT2D eigenvalue weighted by Crippen LogP contribution is 2.33. The lowest BCUT2D eigenvalue weighted by molar-refractivity contribution is -0.0665. The predicted molar refractivity (Wildman–Crippen MR) is 79.2 cm³/mol. The normalized spacial score (nSPS) is 21.0. The molecular weight excluding hydrogens is 290 g/mol. The maximum Gasteiger partial charge on any atom is 0.259 e. The Kier molecular flexibility index (Phi) is 4.98. The Morgan fingerprint density at radius 3 is 2.91 bits per heavy atom. The van der Waals surface area contributed by atoms with Gasteiger partial charge in [-0.05, 0) is 25.0 Å². The Morgan fingerprint density at radius 1 is 1.55 bits per heavy atom. The van der Waals surface area contributed by atoms with Gasteiger partial charge in [0, 0.05) is 31.6 Å². The maximum atomic E-state index is 13.4. The number of hydrogen-bond donors (Lipinski definition) is 0. The predicted octanol–water partition coefficient (Wildman–Crippen LogP) is 3.38. The fourth-order valence-electron chi connectivity index (χ4n) is 2.52. The van der Waals surface area contributed by atoms with E-state index in [-0.39, 0.29) is 31.2 Å². The summed E-state index contributed by atoms with van der Waals surface area (Å²) in [6, 6.07) is 2.78. The third-order valence-corrected chi connectivity index (χ3v) is 3.66. The van der Waals surface area contributed by atoms with Crippen LogP contribution in [-0.4, -0.2) is 40.9 Å². The van der Waals surface area contributed by atoms with E-state index in [4.69, 9.17) is 4.74 Å². The van der Waals surface area contributed by atoms with Gasteiger partial charge in [-0.1, -0.05) is 13.8 Å². The number of carbonyl (C=O) groups is 1. The molecule has 122 valence electrons. The number of rotatable bonds is 4. The molecule has 2 rings (SSSR count). The molecule has 1 aliphatic rings. The van der Waals surface area contributed by atoms with Crippen molar-refractivity contribution in [3.05, 3.63) is 23.9 Å². The van der Waals surface area contributed by atoms with Crippen molar-refractivity contribution < 1.29 is 18.3 Å². The van der Waals surface area contributed by atoms with Crippen molar-refractivity contribution in [1.82, 2.24) is 9.88 Å². The fourth-order valence-corrected chi connectivity index (χ4v) is 2.52. The largest absolute Gasteiger partial charge is 0.477 e. The SMILES string of the molecule is CC(C)COc1ncccc1C(=O)N1CCC(F)(F)CC1C. The van der Waals surface area contributed by atoms with Crippen LogP contribution in [0.4, 0.5) is 8.78 Å². The second kappa shape index (κ2) is 6.58. The second-order valence-electron chi connectivity index (χ2n) is 6.22. The van der Waals surface area contributed by atoms with Crippen LogP contribution in [0.3, 0.4) is 0 Å². The summed E-state index contributed by atoms with van der Waals surface area (Å²) >= 11 is 0. The van der Waals surface area contributed by atoms with Gasteiger partial charge in [0.1, 0.15) is 5.56 Å². The van der Waals surface area contributed by atoms with Crippen molar-refractivity contribution in [1.29, 1.82) is 0 Å². The highest BCUT2D eigenvalue weighted by atomic mass is 19.3. The standard InChI is InChI=1S/C16H22F2N2O2/c1-11(2)10-22-14-13(5-4-7-19-14)15(21)20-8-6-16(17,18)9-12(20)3/h4-5,7,11-12H,6,8-10H2,1-3H3. The zero-order chi connectivity index (χ0) is 16.3. The van der Waals surface area contributed by atoms with E-state index in [9.17, 15) is 13.6 Å². The van der Waals surface area contributed by atoms with Crippen LogP contribution in [0.5, 0.6) is 5.88 Å². The first-order valence-electron chi connectivity index (χ1n) is 7.57. The van der Waals surface area contributed by atoms with E-state index in [1.54, 1.807) is 25.3 Å². The second-order valence-corrected chi connectivity index (χ2v) is 6.22. The molecule has 2 heterocycles. The van der Waals surface area contributed by atoms with Crippen LogP contribution >= 0.6 is 0 Å². The molecular formula is C16H22F2N2O2. The minimum Gasteiger partial charge on any atom is -0.477 e. The molecule has 0 bridgehead atoms. The third kappa shape index (κ3) is 3.93. The first-order valence-corrected chi connectivity index (χ1v) is 7.57. The summed E-state index contributed by atoms with van der Waals surface area (Å²) in [7, 11) is 0. The molecule has 1 aromatic rings. The van der Waals surface area contributed by atoms with Gasteiger partial charge in [-0.25, -0.2) is 13.8 Å². The van der Waals surface area contributed by atoms with Crippen LogP contribution in [0.25, 0.3) is 0 Å². The van der Waals surface area contributed by atoms with Crippen LogP contribution in [0.15, 0.2) is 18.3 Å². The highest BCUT2D eigenvalue weighted by Gasteiger charge is 2.40. The highest BCUT2D eigenvalue weighted by molar-refractivity contribution is 5.96. The summed E-state index contributed by atoms with van der Waals surface area (Å²) in [5, 5.41) is 0. The van der Waals surface area contributed by atoms with Crippen LogP contribution in [0, 0.1) is 5.92 Å². The Bertz CT molecular complexity index is 535. The van der Waals surface area contributed by atoms with E-state index in [0.717, 1.165) is 0 Å². The average Bonchev–Trinajstić information content (AvgIpc) is 2.44. The van der Waals surface area contributed by atoms with E-state index >= 15 is 0 Å². The molecule has 0 aliphatic carbocycles. The topological polar surface area (TPSA) is 42.4 Å². The van der Waals surface area contributed by atoms with Crippen LogP contribution in [0.2, 0.25) is 0 Å². The monoisotopic (exact) mass is 312 g/mol. The minimum absolute atomic E-state index is 0.0471. The van der Waals surface area contributed by atoms with E-state index < -0.39 is 12.0 Å². The van der Waals surface area contributed by atoms with Crippen molar-refractivity contribution in [3.63, 3.8) is 0 Å². The molecule has 0 saturated carbocycles. The number of alkyl halides is 2. The van der Waals surface area contributed by atoms with Gasteiger partial charge in [-0.2, -0.15) is 0 Å². The van der Waals surface area contributed by atoms with Crippen molar-refractivity contribution >= 4 is 5.91 Å². The van der Waals surface area contributed by atoms with E-state index in [1.165, 1.54) is 4.90 Å². The number of hydrogen-bond acceptors (Lipinski definition) is 3. The molecule has 0 aromatic carbocycles. The molecule has 1 aromatic heterocycles. The molecule has 1 amide bonds. The number of nitrogens with zero attached hydrogens (tertiary/aromatic N) is 2. The van der Waals surface area contributed by atoms with E-state index in [1.807, 2.05) is 13.8 Å². The Hall–Kier alpha value is -1.72. The van der Waals surface area contributed by atoms with E-state index in [0.29, 0.717) is 18.1 Å². The van der Waals surface area contributed by atoms with Gasteiger partial charge in [0.2, 0.25) is 5.88 Å². The molecule has 1 saturated heterocycles. The van der Waals surface area contributed by atoms with Crippen molar-refractivity contribution in [2.75, 3.05) is 13.2 Å². The first-order chi connectivity index (χ1) is 10.3. The molecule has 1 atom stereocenters. The molecule has 0 spiro atoms. The molecule has 1 fully saturated rings. The smallest absolute Gasteiger partial charge is 0.259 e. The lowest BCUT2D eigenvalue weighted by Gasteiger charge is -2.37. The summed E-state index contributed by atoms with van der Waals surface area (Å²) in [6.07, 6.45) is 0.951. The lowest BCUT2D eigenvalue weighted by atomic mass is 9.99. The van der Waals surface area contributed by atoms with Gasteiger partial charge < -0.3 is 9.64 Å². The Balaban J connectivity index is 2.16. The van der Waals surface area contributed by atoms with Crippen LogP contribution in [0.1, 0.15) is 44.0 Å². The molecule has 0 radical (unpaired) electrons. The molecule has 1 unspecified atom stereocenters. The number of aromatic nitrogens is 1. The van der Waals surface area contributed by atoms with Gasteiger partial charge in [0.25, 0.3) is 11.8 Å². The van der Waals surface area contributed by atoms with Gasteiger partial charge in [-0.3, -0.25) is 4.79 Å². The molecule has 4 nitrogen and oxygen atoms in total. The summed E-state index contributed by atoms with van der Waals surface area (Å²) in [6.45, 7) is 6.14. The summed E-state index contributed by atoms with van der Waals surface area (Å²) in [5.74, 6) is -2.42. The number of piperidine rings is 1. The van der Waals surface area contributed by atoms with Gasteiger partial charge in [-0.15, -0.1) is 0 Å². The van der Waals surface area contributed by atoms with Crippen LogP contribution in [-0.2, 0) is 0 Å². The average molecular weight is 312 g/mol. The van der Waals surface area contributed by atoms with Crippen molar-refractivity contribution in [2.45, 2.75) is 45.6 Å². The number of carbonyl (C=O) groups excluding carboxylic acids is 1. The van der Waals surface area contributed by atoms with Gasteiger partial charge in [0.05, 0.1) is 6.61 Å². The van der Waals surface area contributed by atoms with Crippen LogP contribution < -0.4 is 4.74 Å². The maximum absolute atomic E-state index is 13.4. The summed E-state index contributed by atoms with van der Waals surface area (Å²) < 4.78 is 32.4. The Labute approximate surface area is 129 Å². The number of likely N-dealkylation sites (tertiary alicyclic amines) is 1. The van der Waals surface area contributed by atoms with Crippen molar-refractivity contribution in [3.8, 4) is 5.88 Å². The minimum atomic E-state index is -2.69. The number of ether oxygens (including phenoxy) is 1. The van der Waals surface area contributed by atoms with Gasteiger partial charge in [0.15, 0.2) is 0 Å². The van der Waals surface area contributed by atoms with E-state index in [2.05, 4.69) is 4.98 Å². The number of halogens is 2. The number of amides is 1.